The van der Waals surface area contributed by atoms with Gasteiger partial charge in [0.15, 0.2) is 0 Å². The van der Waals surface area contributed by atoms with Gasteiger partial charge in [-0.05, 0) is 74.7 Å². The summed E-state index contributed by atoms with van der Waals surface area (Å²) >= 11 is 5.85. The van der Waals surface area contributed by atoms with E-state index in [9.17, 15) is 13.2 Å². The summed E-state index contributed by atoms with van der Waals surface area (Å²) in [4.78, 5) is 12.7. The molecule has 9 heteroatoms. The van der Waals surface area contributed by atoms with Crippen LogP contribution >= 0.6 is 11.6 Å². The number of hydrogen-bond donors (Lipinski definition) is 1. The average molecular weight is 556 g/mol. The van der Waals surface area contributed by atoms with E-state index in [1.54, 1.807) is 0 Å². The van der Waals surface area contributed by atoms with Crippen LogP contribution in [0.5, 0.6) is 11.5 Å². The quantitative estimate of drug-likeness (QED) is 0.395. The summed E-state index contributed by atoms with van der Waals surface area (Å²) in [7, 11) is -4.00. The van der Waals surface area contributed by atoms with E-state index in [2.05, 4.69) is 4.72 Å². The van der Waals surface area contributed by atoms with Gasteiger partial charge in [-0.15, -0.1) is 0 Å². The van der Waals surface area contributed by atoms with Crippen LogP contribution in [0, 0.1) is 5.92 Å². The van der Waals surface area contributed by atoms with Gasteiger partial charge in [0.05, 0.1) is 23.5 Å². The Bertz CT molecular complexity index is 1410. The number of hydrogen-bond acceptors (Lipinski definition) is 6. The fourth-order valence-corrected chi connectivity index (χ4v) is 6.26. The highest BCUT2D eigenvalue weighted by Crippen LogP contribution is 2.51. The molecule has 0 spiro atoms. The van der Waals surface area contributed by atoms with Gasteiger partial charge < -0.3 is 14.2 Å². The van der Waals surface area contributed by atoms with E-state index in [-0.39, 0.29) is 23.3 Å². The van der Waals surface area contributed by atoms with Crippen LogP contribution in [0.25, 0.3) is 0 Å². The third-order valence-electron chi connectivity index (χ3n) is 7.09. The monoisotopic (exact) mass is 555 g/mol. The van der Waals surface area contributed by atoms with Crippen molar-refractivity contribution in [3.8, 4) is 11.5 Å². The second-order valence-corrected chi connectivity index (χ2v) is 12.3. The predicted octanol–water partition coefficient (Wildman–Crippen LogP) is 5.82. The molecule has 5 rings (SSSR count). The Morgan fingerprint density at radius 3 is 2.53 bits per heavy atom. The molecule has 0 aliphatic carbocycles. The summed E-state index contributed by atoms with van der Waals surface area (Å²) in [6.45, 7) is 4.52. The minimum atomic E-state index is -4.00. The van der Waals surface area contributed by atoms with Gasteiger partial charge in [0, 0.05) is 16.5 Å². The molecule has 3 aromatic rings. The molecule has 3 atom stereocenters. The van der Waals surface area contributed by atoms with Crippen LogP contribution in [-0.2, 0) is 26.2 Å². The molecule has 200 valence electrons. The number of carbonyl (C=O) groups is 1. The number of amides is 1. The lowest BCUT2D eigenvalue weighted by atomic mass is 9.75. The fourth-order valence-electron chi connectivity index (χ4n) is 5.14. The lowest BCUT2D eigenvalue weighted by Gasteiger charge is -2.48. The molecule has 7 nitrogen and oxygen atoms in total. The molecule has 2 heterocycles. The lowest BCUT2D eigenvalue weighted by molar-refractivity contribution is -0.155. The standard InChI is InChI=1S/C29H30ClNO6S/c1-29(2)25-14-10-22(17-27(32)31-38(33,34)23-12-8-20(30)9-13-23)36-28(25)24-16-21(11-15-26(24)37-29)35-18-19-6-4-3-5-7-19/h3-9,11-13,15-16,22,25,28H,10,14,17-18H2,1-2H3,(H,31,32)/t22-,25+,28-/m0/s1. The number of rotatable bonds is 7. The maximum atomic E-state index is 12.7. The number of nitrogens with one attached hydrogen (secondary N) is 1. The smallest absolute Gasteiger partial charge is 0.264 e. The van der Waals surface area contributed by atoms with Crippen molar-refractivity contribution >= 4 is 27.5 Å². The second kappa shape index (κ2) is 10.6. The molecule has 38 heavy (non-hydrogen) atoms. The zero-order valence-electron chi connectivity index (χ0n) is 21.2. The maximum absolute atomic E-state index is 12.7. The van der Waals surface area contributed by atoms with Crippen molar-refractivity contribution in [2.75, 3.05) is 0 Å². The van der Waals surface area contributed by atoms with Gasteiger partial charge in [0.1, 0.15) is 23.7 Å². The van der Waals surface area contributed by atoms with Crippen LogP contribution in [0.2, 0.25) is 5.02 Å². The Morgan fingerprint density at radius 1 is 1.05 bits per heavy atom. The Morgan fingerprint density at radius 2 is 1.79 bits per heavy atom. The summed E-state index contributed by atoms with van der Waals surface area (Å²) < 4.78 is 46.3. The van der Waals surface area contributed by atoms with Gasteiger partial charge in [-0.3, -0.25) is 4.79 Å². The summed E-state index contributed by atoms with van der Waals surface area (Å²) in [6.07, 6.45) is 0.563. The zero-order valence-corrected chi connectivity index (χ0v) is 22.8. The Kier molecular flexibility index (Phi) is 7.40. The molecule has 2 aliphatic rings. The minimum absolute atomic E-state index is 0.0250. The molecular formula is C29H30ClNO6S. The largest absolute Gasteiger partial charge is 0.489 e. The average Bonchev–Trinajstić information content (AvgIpc) is 2.88. The summed E-state index contributed by atoms with van der Waals surface area (Å²) in [5.74, 6) is 0.872. The van der Waals surface area contributed by atoms with Gasteiger partial charge in [-0.1, -0.05) is 41.9 Å². The van der Waals surface area contributed by atoms with E-state index < -0.39 is 27.6 Å². The highest BCUT2D eigenvalue weighted by Gasteiger charge is 2.48. The number of fused-ring (bicyclic) bond motifs is 3. The fraction of sp³-hybridized carbons (Fsp3) is 0.345. The van der Waals surface area contributed by atoms with E-state index in [1.807, 2.05) is 62.4 Å². The van der Waals surface area contributed by atoms with Crippen LogP contribution in [0.15, 0.2) is 77.7 Å². The van der Waals surface area contributed by atoms with Crippen molar-refractivity contribution in [2.24, 2.45) is 5.92 Å². The van der Waals surface area contributed by atoms with Crippen molar-refractivity contribution in [3.05, 3.63) is 88.9 Å². The van der Waals surface area contributed by atoms with Gasteiger partial charge >= 0.3 is 0 Å². The summed E-state index contributed by atoms with van der Waals surface area (Å²) in [5.41, 5.74) is 1.47. The first-order valence-corrected chi connectivity index (χ1v) is 14.4. The molecule has 1 N–H and O–H groups in total. The van der Waals surface area contributed by atoms with Crippen LogP contribution in [0.3, 0.4) is 0 Å². The molecule has 0 radical (unpaired) electrons. The highest BCUT2D eigenvalue weighted by molar-refractivity contribution is 7.90. The first-order valence-electron chi connectivity index (χ1n) is 12.6. The number of sulfonamides is 1. The third-order valence-corrected chi connectivity index (χ3v) is 8.73. The van der Waals surface area contributed by atoms with E-state index in [0.717, 1.165) is 23.3 Å². The number of ether oxygens (including phenoxy) is 3. The van der Waals surface area contributed by atoms with E-state index in [1.165, 1.54) is 24.3 Å². The summed E-state index contributed by atoms with van der Waals surface area (Å²) in [6, 6.07) is 21.3. The zero-order chi connectivity index (χ0) is 26.9. The first kappa shape index (κ1) is 26.5. The second-order valence-electron chi connectivity index (χ2n) is 10.2. The van der Waals surface area contributed by atoms with Gasteiger partial charge in [-0.2, -0.15) is 0 Å². The third kappa shape index (κ3) is 5.82. The van der Waals surface area contributed by atoms with E-state index >= 15 is 0 Å². The highest BCUT2D eigenvalue weighted by atomic mass is 35.5. The number of halogens is 1. The van der Waals surface area contributed by atoms with Crippen molar-refractivity contribution in [1.29, 1.82) is 0 Å². The van der Waals surface area contributed by atoms with Crippen molar-refractivity contribution in [3.63, 3.8) is 0 Å². The summed E-state index contributed by atoms with van der Waals surface area (Å²) in [5, 5.41) is 0.411. The molecule has 0 saturated carbocycles. The molecular weight excluding hydrogens is 526 g/mol. The first-order chi connectivity index (χ1) is 18.1. The molecule has 3 aromatic carbocycles. The Hall–Kier alpha value is -3.07. The predicted molar refractivity (Wildman–Crippen MR) is 144 cm³/mol. The Labute approximate surface area is 228 Å². The molecule has 1 saturated heterocycles. The molecule has 0 aromatic heterocycles. The molecule has 1 amide bonds. The van der Waals surface area contributed by atoms with Gasteiger partial charge in [0.2, 0.25) is 5.91 Å². The van der Waals surface area contributed by atoms with Crippen LogP contribution < -0.4 is 14.2 Å². The van der Waals surface area contributed by atoms with Crippen molar-refractivity contribution in [2.45, 2.75) is 62.4 Å². The lowest BCUT2D eigenvalue weighted by Crippen LogP contribution is -2.49. The maximum Gasteiger partial charge on any atom is 0.264 e. The molecule has 1 fully saturated rings. The van der Waals surface area contributed by atoms with Gasteiger partial charge in [0.25, 0.3) is 10.0 Å². The van der Waals surface area contributed by atoms with Crippen LogP contribution in [0.4, 0.5) is 0 Å². The number of benzene rings is 3. The van der Waals surface area contributed by atoms with Crippen LogP contribution in [-0.4, -0.2) is 26.0 Å². The topological polar surface area (TPSA) is 90.9 Å². The normalized spacial score (nSPS) is 21.9. The van der Waals surface area contributed by atoms with E-state index in [0.29, 0.717) is 23.8 Å². The minimum Gasteiger partial charge on any atom is -0.489 e. The molecule has 0 bridgehead atoms. The van der Waals surface area contributed by atoms with Crippen molar-refractivity contribution < 1.29 is 27.4 Å². The molecule has 2 aliphatic heterocycles. The molecule has 0 unspecified atom stereocenters. The number of carbonyl (C=O) groups excluding carboxylic acids is 1. The SMILES string of the molecule is CC1(C)Oc2ccc(OCc3ccccc3)cc2[C@@H]2O[C@H](CC(=O)NS(=O)(=O)c3ccc(Cl)cc3)CC[C@H]21. The Balaban J connectivity index is 1.29. The van der Waals surface area contributed by atoms with E-state index in [4.69, 9.17) is 25.8 Å². The van der Waals surface area contributed by atoms with Gasteiger partial charge in [-0.25, -0.2) is 13.1 Å². The van der Waals surface area contributed by atoms with Crippen molar-refractivity contribution in [1.82, 2.24) is 4.72 Å². The van der Waals surface area contributed by atoms with Crippen LogP contribution in [0.1, 0.15) is 50.3 Å².